The third-order valence-electron chi connectivity index (χ3n) is 9.29. The van der Waals surface area contributed by atoms with Crippen molar-refractivity contribution in [1.82, 2.24) is 20.6 Å². The summed E-state index contributed by atoms with van der Waals surface area (Å²) >= 11 is 3.63. The lowest BCUT2D eigenvalue weighted by molar-refractivity contribution is 0.419. The van der Waals surface area contributed by atoms with Crippen molar-refractivity contribution in [2.45, 2.75) is 33.4 Å². The molecule has 8 nitrogen and oxygen atoms in total. The van der Waals surface area contributed by atoms with E-state index in [1.54, 1.807) is 14.2 Å². The van der Waals surface area contributed by atoms with Crippen molar-refractivity contribution in [3.63, 3.8) is 0 Å². The van der Waals surface area contributed by atoms with Crippen LogP contribution >= 0.6 is 23.5 Å². The van der Waals surface area contributed by atoms with Crippen LogP contribution in [0.2, 0.25) is 0 Å². The Balaban J connectivity index is 0.000000157. The van der Waals surface area contributed by atoms with E-state index in [2.05, 4.69) is 105 Å². The Morgan fingerprint density at radius 2 is 1.12 bits per heavy atom. The van der Waals surface area contributed by atoms with Gasteiger partial charge in [-0.1, -0.05) is 53.9 Å². The predicted molar refractivity (Wildman–Crippen MR) is 210 cm³/mol. The second-order valence-corrected chi connectivity index (χ2v) is 14.9. The number of benzene rings is 4. The van der Waals surface area contributed by atoms with Gasteiger partial charge in [-0.25, -0.2) is 0 Å². The van der Waals surface area contributed by atoms with E-state index >= 15 is 0 Å². The Kier molecular flexibility index (Phi) is 10.8. The molecule has 2 aromatic heterocycles. The van der Waals surface area contributed by atoms with E-state index in [-0.39, 0.29) is 0 Å². The average Bonchev–Trinajstić information content (AvgIpc) is 3.78. The molecule has 6 aromatic rings. The Bertz CT molecular complexity index is 2060. The van der Waals surface area contributed by atoms with Crippen LogP contribution in [-0.2, 0) is 0 Å². The minimum atomic E-state index is 0.885. The molecule has 0 amide bonds. The lowest BCUT2D eigenvalue weighted by Gasteiger charge is -2.31. The molecule has 2 saturated heterocycles. The zero-order valence-electron chi connectivity index (χ0n) is 29.3. The molecule has 4 N–H and O–H groups in total. The van der Waals surface area contributed by atoms with Gasteiger partial charge in [-0.15, -0.1) is 0 Å². The van der Waals surface area contributed by atoms with Crippen molar-refractivity contribution in [2.75, 3.05) is 76.4 Å². The molecule has 4 heterocycles. The number of aromatic amines is 2. The number of para-hydroxylation sites is 1. The van der Waals surface area contributed by atoms with Gasteiger partial charge >= 0.3 is 0 Å². The van der Waals surface area contributed by atoms with Gasteiger partial charge in [-0.3, -0.25) is 0 Å². The molecule has 0 spiro atoms. The first-order valence-electron chi connectivity index (χ1n) is 17.3. The highest BCUT2D eigenvalue weighted by molar-refractivity contribution is 8.00. The van der Waals surface area contributed by atoms with Crippen LogP contribution in [0.5, 0.6) is 11.5 Å². The van der Waals surface area contributed by atoms with Crippen molar-refractivity contribution in [3.8, 4) is 11.5 Å². The summed E-state index contributed by atoms with van der Waals surface area (Å²) in [6.45, 7) is 12.7. The smallest absolute Gasteiger partial charge is 0.142 e. The monoisotopic (exact) mass is 706 g/mol. The normalized spacial score (nSPS) is 14.9. The highest BCUT2D eigenvalue weighted by atomic mass is 32.2. The van der Waals surface area contributed by atoms with Gasteiger partial charge in [0.25, 0.3) is 0 Å². The number of aryl methyl sites for hydroxylation is 2. The van der Waals surface area contributed by atoms with Gasteiger partial charge in [-0.2, -0.15) is 0 Å². The molecule has 2 aliphatic rings. The van der Waals surface area contributed by atoms with Crippen molar-refractivity contribution in [3.05, 3.63) is 96.3 Å². The number of methoxy groups -OCH3 is 2. The van der Waals surface area contributed by atoms with Gasteiger partial charge in [0.1, 0.15) is 11.5 Å². The van der Waals surface area contributed by atoms with Gasteiger partial charge in [-0.05, 0) is 67.4 Å². The van der Waals surface area contributed by atoms with Crippen molar-refractivity contribution in [1.29, 1.82) is 0 Å². The van der Waals surface area contributed by atoms with E-state index in [0.29, 0.717) is 0 Å². The van der Waals surface area contributed by atoms with Gasteiger partial charge in [0.2, 0.25) is 0 Å². The van der Waals surface area contributed by atoms with Gasteiger partial charge < -0.3 is 39.9 Å². The maximum Gasteiger partial charge on any atom is 0.142 e. The Morgan fingerprint density at radius 1 is 0.580 bits per heavy atom. The molecule has 0 radical (unpaired) electrons. The summed E-state index contributed by atoms with van der Waals surface area (Å²) in [6.07, 6.45) is 4.17. The van der Waals surface area contributed by atoms with Crippen LogP contribution in [0.4, 0.5) is 11.4 Å². The van der Waals surface area contributed by atoms with Gasteiger partial charge in [0.05, 0.1) is 42.0 Å². The molecule has 4 aromatic carbocycles. The number of fused-ring (bicyclic) bond motifs is 2. The highest BCUT2D eigenvalue weighted by Crippen LogP contribution is 2.43. The third-order valence-corrected chi connectivity index (χ3v) is 11.5. The van der Waals surface area contributed by atoms with Crippen molar-refractivity contribution < 1.29 is 9.47 Å². The number of rotatable bonds is 8. The summed E-state index contributed by atoms with van der Waals surface area (Å²) < 4.78 is 11.0. The summed E-state index contributed by atoms with van der Waals surface area (Å²) in [7, 11) is 3.44. The minimum Gasteiger partial charge on any atom is -0.496 e. The SMILES string of the molecule is COc1cccc2[nH]cc(Sc3ccc(C)cc3N3CCNCC3)c12.COc1cccc2c(Sc3ccc(C)cc3N3CCNCC3)c[nH]c12. The summed E-state index contributed by atoms with van der Waals surface area (Å²) in [5.74, 6) is 1.80. The number of nitrogens with zero attached hydrogens (tertiary/aromatic N) is 2. The van der Waals surface area contributed by atoms with Crippen LogP contribution in [0, 0.1) is 13.8 Å². The predicted octanol–water partition coefficient (Wildman–Crippen LogP) is 8.09. The van der Waals surface area contributed by atoms with E-state index in [9.17, 15) is 0 Å². The third kappa shape index (κ3) is 7.44. The molecule has 0 bridgehead atoms. The standard InChI is InChI=1S/2C20H23N3OS/c1-14-6-7-18(16(12-14)23-10-8-21-9-11-23)25-19-13-22-15-4-3-5-17(24-2)20(15)19;1-14-6-7-18(16(12-14)23-10-8-21-9-11-23)25-19-13-22-20-15(19)4-3-5-17(20)24-2/h2*3-7,12-13,21-22H,8-11H2,1-2H3. The molecule has 0 atom stereocenters. The largest absolute Gasteiger partial charge is 0.496 e. The molecule has 50 heavy (non-hydrogen) atoms. The van der Waals surface area contributed by atoms with Gasteiger partial charge in [0.15, 0.2) is 0 Å². The van der Waals surface area contributed by atoms with Gasteiger partial charge in [0, 0.05) is 89.7 Å². The lowest BCUT2D eigenvalue weighted by atomic mass is 10.2. The second kappa shape index (κ2) is 15.8. The van der Waals surface area contributed by atoms with Crippen LogP contribution in [-0.4, -0.2) is 76.5 Å². The van der Waals surface area contributed by atoms with E-state index in [0.717, 1.165) is 80.3 Å². The first kappa shape index (κ1) is 34.2. The molecule has 2 fully saturated rings. The number of nitrogens with one attached hydrogen (secondary N) is 4. The molecule has 2 aliphatic heterocycles. The average molecular weight is 707 g/mol. The fourth-order valence-corrected chi connectivity index (χ4v) is 8.86. The minimum absolute atomic E-state index is 0.885. The summed E-state index contributed by atoms with van der Waals surface area (Å²) in [4.78, 5) is 16.7. The maximum absolute atomic E-state index is 5.58. The first-order chi connectivity index (χ1) is 24.5. The zero-order chi connectivity index (χ0) is 34.5. The highest BCUT2D eigenvalue weighted by Gasteiger charge is 2.19. The molecule has 8 rings (SSSR count). The van der Waals surface area contributed by atoms with E-state index in [1.807, 2.05) is 47.8 Å². The topological polar surface area (TPSA) is 80.6 Å². The maximum atomic E-state index is 5.58. The fourth-order valence-electron chi connectivity index (χ4n) is 6.70. The van der Waals surface area contributed by atoms with Crippen LogP contribution in [0.1, 0.15) is 11.1 Å². The number of hydrogen-bond acceptors (Lipinski definition) is 8. The van der Waals surface area contributed by atoms with Crippen LogP contribution in [0.25, 0.3) is 21.8 Å². The van der Waals surface area contributed by atoms with Crippen LogP contribution in [0.3, 0.4) is 0 Å². The molecular weight excluding hydrogens is 661 g/mol. The summed E-state index contributed by atoms with van der Waals surface area (Å²) in [5.41, 5.74) is 7.44. The number of aromatic nitrogens is 2. The van der Waals surface area contributed by atoms with Crippen LogP contribution in [0.15, 0.2) is 105 Å². The zero-order valence-corrected chi connectivity index (χ0v) is 30.9. The van der Waals surface area contributed by atoms with E-state index in [1.165, 1.54) is 47.5 Å². The number of H-pyrrole nitrogens is 2. The van der Waals surface area contributed by atoms with E-state index in [4.69, 9.17) is 9.47 Å². The fraction of sp³-hybridized carbons (Fsp3) is 0.300. The Hall–Kier alpha value is -4.22. The number of anilines is 2. The molecule has 0 unspecified atom stereocenters. The Morgan fingerprint density at radius 3 is 1.72 bits per heavy atom. The van der Waals surface area contributed by atoms with Crippen LogP contribution < -0.4 is 29.9 Å². The molecule has 260 valence electrons. The van der Waals surface area contributed by atoms with E-state index < -0.39 is 0 Å². The number of ether oxygens (including phenoxy) is 2. The summed E-state index contributed by atoms with van der Waals surface area (Å²) in [6, 6.07) is 25.8. The molecule has 0 aliphatic carbocycles. The number of piperazine rings is 2. The molecular formula is C40H46N6O2S2. The van der Waals surface area contributed by atoms with Crippen molar-refractivity contribution in [2.24, 2.45) is 0 Å². The quantitative estimate of drug-likeness (QED) is 0.127. The van der Waals surface area contributed by atoms with Crippen molar-refractivity contribution >= 4 is 56.7 Å². The Labute approximate surface area is 303 Å². The molecule has 10 heteroatoms. The summed E-state index contributed by atoms with van der Waals surface area (Å²) in [5, 5.41) is 9.23. The lowest BCUT2D eigenvalue weighted by Crippen LogP contribution is -2.43. The first-order valence-corrected chi connectivity index (χ1v) is 18.9. The second-order valence-electron chi connectivity index (χ2n) is 12.7. The number of hydrogen-bond donors (Lipinski definition) is 4. The molecule has 0 saturated carbocycles.